The monoisotopic (exact) mass is 313 g/mol. The number of thioether (sulfide) groups is 1. The van der Waals surface area contributed by atoms with E-state index in [9.17, 15) is 4.79 Å². The van der Waals surface area contributed by atoms with Crippen molar-refractivity contribution < 1.29 is 4.79 Å². The zero-order valence-corrected chi connectivity index (χ0v) is 10.8. The van der Waals surface area contributed by atoms with Gasteiger partial charge in [0.25, 0.3) is 5.91 Å². The molecule has 12 heavy (non-hydrogen) atoms. The van der Waals surface area contributed by atoms with Gasteiger partial charge in [0, 0.05) is 11.3 Å². The molecular formula is C7H9Br2NOS. The van der Waals surface area contributed by atoms with Gasteiger partial charge in [0.2, 0.25) is 0 Å². The summed E-state index contributed by atoms with van der Waals surface area (Å²) in [5, 5.41) is 0.264. The minimum atomic E-state index is -0.488. The topological polar surface area (TPSA) is 20.3 Å². The summed E-state index contributed by atoms with van der Waals surface area (Å²) in [6.45, 7) is 5.19. The molecule has 68 valence electrons. The van der Waals surface area contributed by atoms with Gasteiger partial charge in [-0.05, 0) is 13.8 Å². The fourth-order valence-electron chi connectivity index (χ4n) is 1.58. The maximum Gasteiger partial charge on any atom is 0.254 e. The number of hydrogen-bond acceptors (Lipinski definition) is 2. The number of carbonyl (C=O) groups is 1. The van der Waals surface area contributed by atoms with Crippen molar-refractivity contribution in [1.82, 2.24) is 4.90 Å². The second-order valence-electron chi connectivity index (χ2n) is 3.79. The van der Waals surface area contributed by atoms with Gasteiger partial charge in [0.1, 0.15) is 5.37 Å². The average molecular weight is 315 g/mol. The number of β-lactam (4-membered cyclic amide) rings is 1. The van der Waals surface area contributed by atoms with Gasteiger partial charge in [-0.2, -0.15) is 0 Å². The molecule has 0 bridgehead atoms. The molecule has 5 heteroatoms. The van der Waals surface area contributed by atoms with Crippen LogP contribution in [0.3, 0.4) is 0 Å². The van der Waals surface area contributed by atoms with Crippen LogP contribution in [0.25, 0.3) is 0 Å². The molecule has 1 amide bonds. The van der Waals surface area contributed by atoms with E-state index in [1.54, 1.807) is 0 Å². The van der Waals surface area contributed by atoms with E-state index in [4.69, 9.17) is 0 Å². The minimum absolute atomic E-state index is 0.158. The van der Waals surface area contributed by atoms with Crippen molar-refractivity contribution in [1.29, 1.82) is 0 Å². The molecule has 0 radical (unpaired) electrons. The first-order valence-electron chi connectivity index (χ1n) is 3.71. The lowest BCUT2D eigenvalue weighted by atomic mass is 10.1. The van der Waals surface area contributed by atoms with Crippen LogP contribution >= 0.6 is 43.6 Å². The highest BCUT2D eigenvalue weighted by Crippen LogP contribution is 2.57. The lowest BCUT2D eigenvalue weighted by Gasteiger charge is -2.44. The Balaban J connectivity index is 2.23. The maximum absolute atomic E-state index is 11.5. The van der Waals surface area contributed by atoms with Gasteiger partial charge >= 0.3 is 0 Å². The van der Waals surface area contributed by atoms with E-state index in [2.05, 4.69) is 45.7 Å². The van der Waals surface area contributed by atoms with E-state index in [0.717, 1.165) is 6.54 Å². The lowest BCUT2D eigenvalue weighted by Crippen LogP contribution is -2.63. The van der Waals surface area contributed by atoms with Crippen molar-refractivity contribution in [3.05, 3.63) is 0 Å². The zero-order valence-electron chi connectivity index (χ0n) is 6.80. The Morgan fingerprint density at radius 3 is 2.67 bits per heavy atom. The Kier molecular flexibility index (Phi) is 1.88. The molecule has 0 aliphatic carbocycles. The molecule has 2 heterocycles. The molecule has 2 saturated heterocycles. The van der Waals surface area contributed by atoms with Crippen LogP contribution < -0.4 is 0 Å². The van der Waals surface area contributed by atoms with Crippen molar-refractivity contribution >= 4 is 49.5 Å². The molecule has 2 nitrogen and oxygen atoms in total. The maximum atomic E-state index is 11.5. The van der Waals surface area contributed by atoms with Crippen LogP contribution in [0.5, 0.6) is 0 Å². The van der Waals surface area contributed by atoms with E-state index < -0.39 is 3.23 Å². The Hall–Kier alpha value is 0.780. The number of amides is 1. The van der Waals surface area contributed by atoms with Crippen LogP contribution in [0.15, 0.2) is 0 Å². The number of carbonyl (C=O) groups excluding carboxylic acids is 1. The lowest BCUT2D eigenvalue weighted by molar-refractivity contribution is -0.140. The summed E-state index contributed by atoms with van der Waals surface area (Å²) in [4.78, 5) is 13.4. The van der Waals surface area contributed by atoms with Crippen LogP contribution in [-0.4, -0.2) is 30.7 Å². The zero-order chi connectivity index (χ0) is 9.15. The molecule has 2 aliphatic heterocycles. The van der Waals surface area contributed by atoms with Crippen molar-refractivity contribution in [2.24, 2.45) is 0 Å². The Morgan fingerprint density at radius 2 is 2.17 bits per heavy atom. The van der Waals surface area contributed by atoms with Gasteiger partial charge < -0.3 is 4.90 Å². The molecule has 0 aromatic rings. The largest absolute Gasteiger partial charge is 0.324 e. The first-order valence-corrected chi connectivity index (χ1v) is 6.18. The summed E-state index contributed by atoms with van der Waals surface area (Å²) >= 11 is 8.63. The molecule has 2 rings (SSSR count). The molecule has 0 aromatic carbocycles. The molecule has 0 N–H and O–H groups in total. The minimum Gasteiger partial charge on any atom is -0.324 e. The van der Waals surface area contributed by atoms with Gasteiger partial charge in [-0.25, -0.2) is 0 Å². The molecule has 0 unspecified atom stereocenters. The SMILES string of the molecule is CC1(C)CN2C(=O)C(Br)(Br)[C@@H]2S1. The summed E-state index contributed by atoms with van der Waals surface area (Å²) in [6.07, 6.45) is 0. The fraction of sp³-hybridized carbons (Fsp3) is 0.857. The van der Waals surface area contributed by atoms with E-state index in [1.807, 2.05) is 16.7 Å². The van der Waals surface area contributed by atoms with Crippen LogP contribution in [0.2, 0.25) is 0 Å². The van der Waals surface area contributed by atoms with Crippen molar-refractivity contribution in [2.45, 2.75) is 27.2 Å². The number of fused-ring (bicyclic) bond motifs is 1. The van der Waals surface area contributed by atoms with Crippen molar-refractivity contribution in [3.63, 3.8) is 0 Å². The fourth-order valence-corrected chi connectivity index (χ4v) is 4.45. The second kappa shape index (κ2) is 2.42. The van der Waals surface area contributed by atoms with E-state index in [0.29, 0.717) is 0 Å². The molecule has 0 aromatic heterocycles. The predicted molar refractivity (Wildman–Crippen MR) is 57.8 cm³/mol. The number of halogens is 2. The van der Waals surface area contributed by atoms with Gasteiger partial charge in [-0.3, -0.25) is 4.79 Å². The summed E-state index contributed by atoms with van der Waals surface area (Å²) < 4.78 is -0.290. The van der Waals surface area contributed by atoms with Gasteiger partial charge in [-0.1, -0.05) is 31.9 Å². The molecule has 2 fully saturated rings. The number of nitrogens with zero attached hydrogens (tertiary/aromatic N) is 1. The summed E-state index contributed by atoms with van der Waals surface area (Å²) in [7, 11) is 0. The smallest absolute Gasteiger partial charge is 0.254 e. The van der Waals surface area contributed by atoms with Crippen LogP contribution in [0, 0.1) is 0 Å². The second-order valence-corrected chi connectivity index (χ2v) is 9.14. The van der Waals surface area contributed by atoms with Crippen LogP contribution in [0.4, 0.5) is 0 Å². The standard InChI is InChI=1S/C7H9Br2NOS/c1-6(2)3-10-4(11)7(8,9)5(10)12-6/h5H,3H2,1-2H3/t5-/m0/s1. The summed E-state index contributed by atoms with van der Waals surface area (Å²) in [5.74, 6) is 0.158. The average Bonchev–Trinajstić information content (AvgIpc) is 2.24. The molecule has 0 spiro atoms. The number of rotatable bonds is 0. The molecule has 0 saturated carbocycles. The van der Waals surface area contributed by atoms with E-state index >= 15 is 0 Å². The van der Waals surface area contributed by atoms with E-state index in [1.165, 1.54) is 0 Å². The van der Waals surface area contributed by atoms with Gasteiger partial charge in [0.15, 0.2) is 3.23 Å². The summed E-state index contributed by atoms with van der Waals surface area (Å²) in [5.41, 5.74) is 0. The Morgan fingerprint density at radius 1 is 1.58 bits per heavy atom. The Bertz CT molecular complexity index is 254. The van der Waals surface area contributed by atoms with E-state index in [-0.39, 0.29) is 16.0 Å². The van der Waals surface area contributed by atoms with Crippen molar-refractivity contribution in [3.8, 4) is 0 Å². The highest BCUT2D eigenvalue weighted by Gasteiger charge is 2.63. The molecule has 2 aliphatic rings. The number of alkyl halides is 2. The number of hydrogen-bond donors (Lipinski definition) is 0. The third-order valence-corrected chi connectivity index (χ3v) is 5.87. The third-order valence-electron chi connectivity index (χ3n) is 2.12. The molecular weight excluding hydrogens is 306 g/mol. The van der Waals surface area contributed by atoms with Gasteiger partial charge in [-0.15, -0.1) is 11.8 Å². The first kappa shape index (κ1) is 9.34. The quantitative estimate of drug-likeness (QED) is 0.504. The third kappa shape index (κ3) is 1.09. The Labute approximate surface area is 92.7 Å². The highest BCUT2D eigenvalue weighted by molar-refractivity contribution is 9.26. The van der Waals surface area contributed by atoms with Crippen LogP contribution in [-0.2, 0) is 4.79 Å². The summed E-state index contributed by atoms with van der Waals surface area (Å²) in [6, 6.07) is 0. The molecule has 1 atom stereocenters. The predicted octanol–water partition coefficient (Wildman–Crippen LogP) is 2.17. The normalized spacial score (nSPS) is 36.2. The first-order chi connectivity index (χ1) is 5.34. The van der Waals surface area contributed by atoms with Crippen molar-refractivity contribution in [2.75, 3.05) is 6.54 Å². The van der Waals surface area contributed by atoms with Crippen LogP contribution in [0.1, 0.15) is 13.8 Å². The highest BCUT2D eigenvalue weighted by atomic mass is 79.9. The van der Waals surface area contributed by atoms with Gasteiger partial charge in [0.05, 0.1) is 0 Å².